The number of hydrogen-bond donors (Lipinski definition) is 2. The van der Waals surface area contributed by atoms with Gasteiger partial charge in [0.2, 0.25) is 0 Å². The van der Waals surface area contributed by atoms with E-state index in [1.165, 1.54) is 12.1 Å². The molecule has 2 N–H and O–H groups in total. The number of aliphatic hydroxyl groups excluding tert-OH is 1. The molecule has 0 aliphatic rings. The van der Waals surface area contributed by atoms with Crippen LogP contribution in [0.4, 0.5) is 24.5 Å². The third kappa shape index (κ3) is 3.91. The lowest BCUT2D eigenvalue weighted by Crippen LogP contribution is -2.14. The molecule has 0 heterocycles. The second-order valence-electron chi connectivity index (χ2n) is 4.61. The van der Waals surface area contributed by atoms with Crippen molar-refractivity contribution in [2.24, 2.45) is 0 Å². The van der Waals surface area contributed by atoms with Crippen molar-refractivity contribution in [2.75, 3.05) is 11.9 Å². The van der Waals surface area contributed by atoms with E-state index < -0.39 is 39.9 Å². The predicted octanol–water partition coefficient (Wildman–Crippen LogP) is 3.81. The number of nitro groups is 1. The first-order chi connectivity index (χ1) is 10.8. The van der Waals surface area contributed by atoms with E-state index in [0.29, 0.717) is 12.1 Å². The summed E-state index contributed by atoms with van der Waals surface area (Å²) >= 11 is 5.51. The number of anilines is 1. The molecule has 2 rings (SSSR count). The van der Waals surface area contributed by atoms with Crippen LogP contribution in [0.3, 0.4) is 0 Å². The number of nitro benzene ring substituents is 1. The molecular weight excluding hydrogens is 337 g/mol. The van der Waals surface area contributed by atoms with Gasteiger partial charge in [0.05, 0.1) is 28.2 Å². The molecule has 0 fully saturated rings. The Labute approximate surface area is 133 Å². The minimum Gasteiger partial charge on any atom is -0.387 e. The highest BCUT2D eigenvalue weighted by atomic mass is 35.5. The van der Waals surface area contributed by atoms with Crippen LogP contribution in [0, 0.1) is 27.6 Å². The molecule has 23 heavy (non-hydrogen) atoms. The molecule has 0 aliphatic carbocycles. The lowest BCUT2D eigenvalue weighted by molar-refractivity contribution is -0.385. The van der Waals surface area contributed by atoms with Crippen LogP contribution < -0.4 is 5.32 Å². The summed E-state index contributed by atoms with van der Waals surface area (Å²) in [5.41, 5.74) is -1.20. The van der Waals surface area contributed by atoms with Crippen LogP contribution in [0.5, 0.6) is 0 Å². The van der Waals surface area contributed by atoms with E-state index >= 15 is 0 Å². The minimum atomic E-state index is -1.27. The van der Waals surface area contributed by atoms with Gasteiger partial charge in [-0.2, -0.15) is 0 Å². The van der Waals surface area contributed by atoms with Gasteiger partial charge in [0.1, 0.15) is 11.5 Å². The maximum Gasteiger partial charge on any atom is 0.275 e. The van der Waals surface area contributed by atoms with E-state index in [0.717, 1.165) is 6.07 Å². The zero-order valence-corrected chi connectivity index (χ0v) is 12.1. The van der Waals surface area contributed by atoms with Gasteiger partial charge in [-0.15, -0.1) is 0 Å². The van der Waals surface area contributed by atoms with Crippen LogP contribution in [-0.2, 0) is 0 Å². The summed E-state index contributed by atoms with van der Waals surface area (Å²) in [6.45, 7) is -0.341. The van der Waals surface area contributed by atoms with E-state index in [2.05, 4.69) is 5.32 Å². The molecule has 5 nitrogen and oxygen atoms in total. The van der Waals surface area contributed by atoms with Gasteiger partial charge in [0, 0.05) is 6.54 Å². The van der Waals surface area contributed by atoms with Gasteiger partial charge < -0.3 is 10.4 Å². The van der Waals surface area contributed by atoms with E-state index in [1.807, 2.05) is 0 Å². The fraction of sp³-hybridized carbons (Fsp3) is 0.143. The molecule has 0 saturated carbocycles. The largest absolute Gasteiger partial charge is 0.387 e. The second-order valence-corrected chi connectivity index (χ2v) is 5.02. The number of aliphatic hydroxyl groups is 1. The number of benzene rings is 2. The Balaban J connectivity index is 2.14. The van der Waals surface area contributed by atoms with Gasteiger partial charge in [0.15, 0.2) is 11.6 Å². The molecule has 0 radical (unpaired) electrons. The first kappa shape index (κ1) is 17.0. The third-order valence-corrected chi connectivity index (χ3v) is 3.34. The van der Waals surface area contributed by atoms with Crippen molar-refractivity contribution in [3.63, 3.8) is 0 Å². The molecule has 9 heteroatoms. The van der Waals surface area contributed by atoms with Crippen LogP contribution in [-0.4, -0.2) is 16.6 Å². The molecule has 0 saturated heterocycles. The van der Waals surface area contributed by atoms with Gasteiger partial charge in [-0.25, -0.2) is 13.2 Å². The molecule has 0 spiro atoms. The lowest BCUT2D eigenvalue weighted by atomic mass is 10.1. The quantitative estimate of drug-likeness (QED) is 0.637. The highest BCUT2D eigenvalue weighted by Gasteiger charge is 2.18. The Hall–Kier alpha value is -2.32. The van der Waals surface area contributed by atoms with Gasteiger partial charge in [0.25, 0.3) is 5.69 Å². The molecule has 0 aromatic heterocycles. The van der Waals surface area contributed by atoms with Crippen LogP contribution in [0.25, 0.3) is 0 Å². The molecule has 2 aromatic carbocycles. The summed E-state index contributed by atoms with van der Waals surface area (Å²) < 4.78 is 40.7. The van der Waals surface area contributed by atoms with Crippen molar-refractivity contribution in [2.45, 2.75) is 6.10 Å². The number of nitrogens with zero attached hydrogens (tertiary/aromatic N) is 1. The van der Waals surface area contributed by atoms with Crippen molar-refractivity contribution in [1.82, 2.24) is 0 Å². The number of non-ortho nitro benzene ring substituents is 1. The topological polar surface area (TPSA) is 75.4 Å². The summed E-state index contributed by atoms with van der Waals surface area (Å²) in [4.78, 5) is 9.56. The molecular formula is C14H10ClF3N2O3. The van der Waals surface area contributed by atoms with Gasteiger partial charge in [-0.05, 0) is 17.7 Å². The zero-order chi connectivity index (χ0) is 17.1. The van der Waals surface area contributed by atoms with Gasteiger partial charge >= 0.3 is 0 Å². The summed E-state index contributed by atoms with van der Waals surface area (Å²) in [6.07, 6.45) is -1.27. The average molecular weight is 347 g/mol. The smallest absolute Gasteiger partial charge is 0.275 e. The molecule has 2 aromatic rings. The molecule has 122 valence electrons. The number of nitrogens with one attached hydrogen (secondary N) is 1. The van der Waals surface area contributed by atoms with E-state index in [-0.39, 0.29) is 17.1 Å². The minimum absolute atomic E-state index is 0.124. The summed E-state index contributed by atoms with van der Waals surface area (Å²) in [5, 5.41) is 22.6. The normalized spacial score (nSPS) is 12.0. The average Bonchev–Trinajstić information content (AvgIpc) is 2.48. The van der Waals surface area contributed by atoms with E-state index in [9.17, 15) is 28.4 Å². The third-order valence-electron chi connectivity index (χ3n) is 3.04. The fourth-order valence-electron chi connectivity index (χ4n) is 1.87. The highest BCUT2D eigenvalue weighted by Crippen LogP contribution is 2.26. The van der Waals surface area contributed by atoms with Crippen LogP contribution in [0.15, 0.2) is 30.3 Å². The molecule has 0 amide bonds. The standard InChI is InChI=1S/C14H10ClF3N2O3/c15-9-2-1-7(3-10(9)16)13(21)6-19-14-11(17)4-8(20(22)23)5-12(14)18/h1-5,13,19,21H,6H2. The Kier molecular flexibility index (Phi) is 5.07. The van der Waals surface area contributed by atoms with Crippen molar-refractivity contribution in [1.29, 1.82) is 0 Å². The first-order valence-corrected chi connectivity index (χ1v) is 6.67. The summed E-state index contributed by atoms with van der Waals surface area (Å²) in [7, 11) is 0. The molecule has 1 atom stereocenters. The number of rotatable bonds is 5. The van der Waals surface area contributed by atoms with E-state index in [4.69, 9.17) is 11.6 Å². The van der Waals surface area contributed by atoms with Crippen LogP contribution in [0.2, 0.25) is 5.02 Å². The fourth-order valence-corrected chi connectivity index (χ4v) is 1.99. The van der Waals surface area contributed by atoms with Gasteiger partial charge in [-0.3, -0.25) is 10.1 Å². The second kappa shape index (κ2) is 6.84. The summed E-state index contributed by atoms with van der Waals surface area (Å²) in [6, 6.07) is 4.71. The molecule has 0 bridgehead atoms. The zero-order valence-electron chi connectivity index (χ0n) is 11.4. The highest BCUT2D eigenvalue weighted by molar-refractivity contribution is 6.30. The maximum absolute atomic E-state index is 13.7. The van der Waals surface area contributed by atoms with Crippen LogP contribution >= 0.6 is 11.6 Å². The van der Waals surface area contributed by atoms with Crippen molar-refractivity contribution < 1.29 is 23.2 Å². The predicted molar refractivity (Wildman–Crippen MR) is 77.9 cm³/mol. The first-order valence-electron chi connectivity index (χ1n) is 6.30. The Morgan fingerprint density at radius 3 is 2.30 bits per heavy atom. The Bertz CT molecular complexity index is 735. The molecule has 0 aliphatic heterocycles. The lowest BCUT2D eigenvalue weighted by Gasteiger charge is -2.14. The van der Waals surface area contributed by atoms with Gasteiger partial charge in [-0.1, -0.05) is 17.7 Å². The monoisotopic (exact) mass is 346 g/mol. The van der Waals surface area contributed by atoms with Crippen molar-refractivity contribution >= 4 is 23.0 Å². The Morgan fingerprint density at radius 1 is 1.17 bits per heavy atom. The number of halogens is 4. The van der Waals surface area contributed by atoms with Crippen molar-refractivity contribution in [3.05, 3.63) is 68.5 Å². The maximum atomic E-state index is 13.7. The van der Waals surface area contributed by atoms with Crippen LogP contribution in [0.1, 0.15) is 11.7 Å². The SMILES string of the molecule is O=[N+]([O-])c1cc(F)c(NCC(O)c2ccc(Cl)c(F)c2)c(F)c1. The number of hydrogen-bond acceptors (Lipinski definition) is 4. The van der Waals surface area contributed by atoms with Crippen molar-refractivity contribution in [3.8, 4) is 0 Å². The molecule has 1 unspecified atom stereocenters. The van der Waals surface area contributed by atoms with E-state index in [1.54, 1.807) is 0 Å². The summed E-state index contributed by atoms with van der Waals surface area (Å²) in [5.74, 6) is -3.09. The Morgan fingerprint density at radius 2 is 1.78 bits per heavy atom.